The van der Waals surface area contributed by atoms with Crippen LogP contribution in [-0.2, 0) is 11.2 Å². The molecule has 0 atom stereocenters. The molecule has 6 heteroatoms. The van der Waals surface area contributed by atoms with E-state index in [9.17, 15) is 4.79 Å². The van der Waals surface area contributed by atoms with Crippen molar-refractivity contribution in [2.24, 2.45) is 0 Å². The second-order valence-corrected chi connectivity index (χ2v) is 6.09. The van der Waals surface area contributed by atoms with Gasteiger partial charge in [-0.3, -0.25) is 4.79 Å². The van der Waals surface area contributed by atoms with Crippen molar-refractivity contribution < 1.29 is 19.4 Å². The molecule has 152 valence electrons. The summed E-state index contributed by atoms with van der Waals surface area (Å²) in [4.78, 5) is 10.4. The van der Waals surface area contributed by atoms with Crippen molar-refractivity contribution in [3.05, 3.63) is 65.7 Å². The number of aliphatic carboxylic acids is 1. The number of halogens is 1. The molecule has 28 heavy (non-hydrogen) atoms. The first-order valence-electron chi connectivity index (χ1n) is 9.13. The number of rotatable bonds is 12. The zero-order valence-electron chi connectivity index (χ0n) is 16.1. The van der Waals surface area contributed by atoms with Crippen LogP contribution in [0.3, 0.4) is 0 Å². The third-order valence-electron chi connectivity index (χ3n) is 4.00. The Morgan fingerprint density at radius 3 is 2.68 bits per heavy atom. The summed E-state index contributed by atoms with van der Waals surface area (Å²) in [5.74, 6) is 0.737. The molecule has 0 fully saturated rings. The Hall–Kier alpha value is -2.50. The Bertz CT molecular complexity index is 735. The van der Waals surface area contributed by atoms with Crippen molar-refractivity contribution in [1.29, 1.82) is 0 Å². The van der Waals surface area contributed by atoms with E-state index in [-0.39, 0.29) is 18.8 Å². The van der Waals surface area contributed by atoms with Crippen LogP contribution >= 0.6 is 12.4 Å². The maximum Gasteiger partial charge on any atom is 0.304 e. The lowest BCUT2D eigenvalue weighted by Gasteiger charge is -2.10. The average Bonchev–Trinajstić information content (AvgIpc) is 2.69. The van der Waals surface area contributed by atoms with Crippen LogP contribution in [0.1, 0.15) is 24.0 Å². The highest BCUT2D eigenvalue weighted by Gasteiger charge is 2.03. The maximum absolute atomic E-state index is 10.4. The molecule has 2 rings (SSSR count). The monoisotopic (exact) mass is 405 g/mol. The molecule has 0 aliphatic heterocycles. The van der Waals surface area contributed by atoms with Crippen LogP contribution in [0.25, 0.3) is 6.08 Å². The summed E-state index contributed by atoms with van der Waals surface area (Å²) in [6.45, 7) is 1.71. The fourth-order valence-corrected chi connectivity index (χ4v) is 2.60. The second-order valence-electron chi connectivity index (χ2n) is 6.09. The predicted molar refractivity (Wildman–Crippen MR) is 115 cm³/mol. The molecule has 0 aliphatic rings. The number of carboxylic acid groups (broad SMARTS) is 1. The Labute approximate surface area is 172 Å². The number of carbonyl (C=O) groups is 1. The van der Waals surface area contributed by atoms with Gasteiger partial charge in [-0.2, -0.15) is 0 Å². The molecule has 0 saturated carbocycles. The smallest absolute Gasteiger partial charge is 0.304 e. The number of ether oxygens (including phenoxy) is 2. The highest BCUT2D eigenvalue weighted by atomic mass is 35.5. The van der Waals surface area contributed by atoms with Crippen LogP contribution in [0.4, 0.5) is 0 Å². The fraction of sp³-hybridized carbons (Fsp3) is 0.318. The highest BCUT2D eigenvalue weighted by molar-refractivity contribution is 5.85. The van der Waals surface area contributed by atoms with Crippen LogP contribution in [0.5, 0.6) is 11.5 Å². The Kier molecular flexibility index (Phi) is 11.5. The summed E-state index contributed by atoms with van der Waals surface area (Å²) in [6.07, 6.45) is 5.96. The van der Waals surface area contributed by atoms with Crippen LogP contribution in [-0.4, -0.2) is 37.9 Å². The first-order chi connectivity index (χ1) is 13.2. The number of benzene rings is 2. The summed E-state index contributed by atoms with van der Waals surface area (Å²) in [5.41, 5.74) is 2.27. The minimum absolute atomic E-state index is 0. The lowest BCUT2D eigenvalue weighted by molar-refractivity contribution is -0.136. The summed E-state index contributed by atoms with van der Waals surface area (Å²) < 4.78 is 11.3. The molecule has 0 spiro atoms. The Morgan fingerprint density at radius 1 is 1.18 bits per heavy atom. The van der Waals surface area contributed by atoms with Gasteiger partial charge in [-0.25, -0.2) is 0 Å². The lowest BCUT2D eigenvalue weighted by Crippen LogP contribution is -2.17. The van der Waals surface area contributed by atoms with Crippen molar-refractivity contribution in [2.75, 3.05) is 26.8 Å². The van der Waals surface area contributed by atoms with Gasteiger partial charge >= 0.3 is 5.97 Å². The third-order valence-corrected chi connectivity index (χ3v) is 4.00. The van der Waals surface area contributed by atoms with E-state index in [4.69, 9.17) is 14.6 Å². The minimum Gasteiger partial charge on any atom is -0.496 e. The average molecular weight is 406 g/mol. The maximum atomic E-state index is 10.4. The topological polar surface area (TPSA) is 67.8 Å². The van der Waals surface area contributed by atoms with Gasteiger partial charge in [0.05, 0.1) is 20.1 Å². The molecule has 0 bridgehead atoms. The molecule has 2 N–H and O–H groups in total. The number of nitrogens with one attached hydrogen (secondary N) is 1. The molecule has 0 amide bonds. The van der Waals surface area contributed by atoms with Crippen molar-refractivity contribution in [1.82, 2.24) is 5.32 Å². The van der Waals surface area contributed by atoms with Crippen LogP contribution in [0, 0.1) is 0 Å². The summed E-state index contributed by atoms with van der Waals surface area (Å²) in [7, 11) is 1.64. The first-order valence-corrected chi connectivity index (χ1v) is 9.13. The molecular formula is C22H28ClNO4. The van der Waals surface area contributed by atoms with E-state index in [1.165, 1.54) is 5.56 Å². The SMILES string of the molecule is COc1cc(OCCCc2ccccc2)ccc1C=CCNCCC(=O)O.Cl. The number of hydrogen-bond acceptors (Lipinski definition) is 4. The van der Waals surface area contributed by atoms with Crippen molar-refractivity contribution in [3.8, 4) is 11.5 Å². The number of carboxylic acids is 1. The zero-order chi connectivity index (χ0) is 19.3. The quantitative estimate of drug-likeness (QED) is 0.518. The summed E-state index contributed by atoms with van der Waals surface area (Å²) >= 11 is 0. The predicted octanol–water partition coefficient (Wildman–Crippen LogP) is 4.21. The molecular weight excluding hydrogens is 378 g/mol. The molecule has 0 saturated heterocycles. The Balaban J connectivity index is 0.00000392. The first kappa shape index (κ1) is 23.5. The Morgan fingerprint density at radius 2 is 1.96 bits per heavy atom. The van der Waals surface area contributed by atoms with Gasteiger partial charge in [0.15, 0.2) is 0 Å². The van der Waals surface area contributed by atoms with Gasteiger partial charge < -0.3 is 19.9 Å². The van der Waals surface area contributed by atoms with E-state index >= 15 is 0 Å². The van der Waals surface area contributed by atoms with Gasteiger partial charge in [-0.15, -0.1) is 12.4 Å². The van der Waals surface area contributed by atoms with E-state index in [1.54, 1.807) is 7.11 Å². The molecule has 0 aromatic heterocycles. The van der Waals surface area contributed by atoms with Crippen molar-refractivity contribution in [3.63, 3.8) is 0 Å². The number of aryl methyl sites for hydroxylation is 1. The molecule has 5 nitrogen and oxygen atoms in total. The van der Waals surface area contributed by atoms with Crippen LogP contribution in [0.15, 0.2) is 54.6 Å². The minimum atomic E-state index is -0.799. The number of methoxy groups -OCH3 is 1. The third kappa shape index (κ3) is 8.93. The molecule has 0 unspecified atom stereocenters. The van der Waals surface area contributed by atoms with Gasteiger partial charge in [0.2, 0.25) is 0 Å². The van der Waals surface area contributed by atoms with E-state index in [0.717, 1.165) is 29.9 Å². The summed E-state index contributed by atoms with van der Waals surface area (Å²) in [5, 5.41) is 11.6. The van der Waals surface area contributed by atoms with E-state index < -0.39 is 5.97 Å². The second kappa shape index (κ2) is 13.6. The van der Waals surface area contributed by atoms with Gasteiger partial charge in [0.1, 0.15) is 11.5 Å². The summed E-state index contributed by atoms with van der Waals surface area (Å²) in [6, 6.07) is 16.2. The number of hydrogen-bond donors (Lipinski definition) is 2. The van der Waals surface area contributed by atoms with Gasteiger partial charge in [0, 0.05) is 24.7 Å². The van der Waals surface area contributed by atoms with Gasteiger partial charge in [-0.05, 0) is 30.5 Å². The van der Waals surface area contributed by atoms with E-state index in [0.29, 0.717) is 19.7 Å². The molecule has 0 aliphatic carbocycles. The van der Waals surface area contributed by atoms with Crippen molar-refractivity contribution >= 4 is 24.5 Å². The zero-order valence-corrected chi connectivity index (χ0v) is 16.9. The standard InChI is InChI=1S/C22H27NO4.ClH/c1-26-21-17-20(27-16-6-9-18-7-3-2-4-8-18)12-11-19(21)10-5-14-23-15-13-22(24)25;/h2-5,7-8,10-12,17,23H,6,9,13-16H2,1H3,(H,24,25);1H. The fourth-order valence-electron chi connectivity index (χ4n) is 2.60. The molecule has 2 aromatic rings. The van der Waals surface area contributed by atoms with E-state index in [2.05, 4.69) is 29.6 Å². The lowest BCUT2D eigenvalue weighted by atomic mass is 10.1. The highest BCUT2D eigenvalue weighted by Crippen LogP contribution is 2.26. The van der Waals surface area contributed by atoms with E-state index in [1.807, 2.05) is 36.4 Å². The van der Waals surface area contributed by atoms with Crippen molar-refractivity contribution in [2.45, 2.75) is 19.3 Å². The van der Waals surface area contributed by atoms with Crippen LogP contribution < -0.4 is 14.8 Å². The molecule has 0 heterocycles. The van der Waals surface area contributed by atoms with Gasteiger partial charge in [0.25, 0.3) is 0 Å². The largest absolute Gasteiger partial charge is 0.496 e. The molecule has 2 aromatic carbocycles. The molecule has 0 radical (unpaired) electrons. The normalized spacial score (nSPS) is 10.5. The van der Waals surface area contributed by atoms with Crippen LogP contribution in [0.2, 0.25) is 0 Å². The van der Waals surface area contributed by atoms with Gasteiger partial charge in [-0.1, -0.05) is 42.5 Å².